The summed E-state index contributed by atoms with van der Waals surface area (Å²) >= 11 is 3.37. The highest BCUT2D eigenvalue weighted by atomic mass is 79.9. The van der Waals surface area contributed by atoms with Crippen LogP contribution < -0.4 is 10.6 Å². The Morgan fingerprint density at radius 1 is 1.12 bits per heavy atom. The van der Waals surface area contributed by atoms with Crippen LogP contribution in [0.15, 0.2) is 28.7 Å². The molecule has 0 aliphatic carbocycles. The summed E-state index contributed by atoms with van der Waals surface area (Å²) in [7, 11) is 0. The fourth-order valence-corrected chi connectivity index (χ4v) is 2.75. The van der Waals surface area contributed by atoms with E-state index in [-0.39, 0.29) is 18.2 Å². The van der Waals surface area contributed by atoms with E-state index in [4.69, 9.17) is 0 Å². The number of amides is 2. The van der Waals surface area contributed by atoms with E-state index in [2.05, 4.69) is 26.6 Å². The highest BCUT2D eigenvalue weighted by Crippen LogP contribution is 2.17. The smallest absolute Gasteiger partial charge is 0.326 e. The van der Waals surface area contributed by atoms with Crippen molar-refractivity contribution in [1.82, 2.24) is 10.6 Å². The number of carbonyl (C=O) groups is 3. The Labute approximate surface area is 150 Å². The van der Waals surface area contributed by atoms with Crippen molar-refractivity contribution in [3.63, 3.8) is 0 Å². The van der Waals surface area contributed by atoms with Gasteiger partial charge in [-0.1, -0.05) is 48.0 Å². The second-order valence-corrected chi connectivity index (χ2v) is 6.93. The highest BCUT2D eigenvalue weighted by molar-refractivity contribution is 9.10. The zero-order valence-corrected chi connectivity index (χ0v) is 15.6. The summed E-state index contributed by atoms with van der Waals surface area (Å²) in [5, 5.41) is 14.5. The van der Waals surface area contributed by atoms with Crippen LogP contribution in [0.25, 0.3) is 0 Å². The molecule has 7 heteroatoms. The number of benzene rings is 1. The van der Waals surface area contributed by atoms with Crippen molar-refractivity contribution in [3.8, 4) is 0 Å². The molecule has 1 aromatic carbocycles. The lowest BCUT2D eigenvalue weighted by atomic mass is 10.0. The minimum absolute atomic E-state index is 0.150. The molecule has 0 fully saturated rings. The monoisotopic (exact) mass is 398 g/mol. The van der Waals surface area contributed by atoms with Crippen LogP contribution in [0, 0.1) is 5.92 Å². The maximum absolute atomic E-state index is 12.4. The van der Waals surface area contributed by atoms with Gasteiger partial charge in [-0.25, -0.2) is 4.79 Å². The van der Waals surface area contributed by atoms with Crippen LogP contribution in [0.2, 0.25) is 0 Å². The molecule has 2 amide bonds. The average molecular weight is 399 g/mol. The molecule has 0 aliphatic heterocycles. The lowest BCUT2D eigenvalue weighted by Gasteiger charge is -2.22. The van der Waals surface area contributed by atoms with Gasteiger partial charge in [0.2, 0.25) is 11.8 Å². The number of carboxylic acids is 1. The first-order valence-corrected chi connectivity index (χ1v) is 8.53. The van der Waals surface area contributed by atoms with Gasteiger partial charge < -0.3 is 15.7 Å². The van der Waals surface area contributed by atoms with Gasteiger partial charge in [0.25, 0.3) is 0 Å². The molecule has 1 aromatic rings. The van der Waals surface area contributed by atoms with E-state index >= 15 is 0 Å². The molecule has 0 saturated carbocycles. The van der Waals surface area contributed by atoms with Crippen LogP contribution in [-0.4, -0.2) is 35.0 Å². The van der Waals surface area contributed by atoms with Crippen molar-refractivity contribution in [1.29, 1.82) is 0 Å². The normalized spacial score (nSPS) is 13.2. The van der Waals surface area contributed by atoms with Crippen molar-refractivity contribution >= 4 is 33.7 Å². The Kier molecular flexibility index (Phi) is 7.91. The lowest BCUT2D eigenvalue weighted by molar-refractivity contribution is -0.142. The topological polar surface area (TPSA) is 95.5 Å². The van der Waals surface area contributed by atoms with Crippen LogP contribution in [0.3, 0.4) is 0 Å². The molecular formula is C17H23BrN2O4. The van der Waals surface area contributed by atoms with Gasteiger partial charge in [-0.2, -0.15) is 0 Å². The van der Waals surface area contributed by atoms with E-state index < -0.39 is 24.0 Å². The van der Waals surface area contributed by atoms with E-state index in [9.17, 15) is 19.5 Å². The van der Waals surface area contributed by atoms with Gasteiger partial charge in [-0.05, 0) is 24.0 Å². The van der Waals surface area contributed by atoms with Gasteiger partial charge in [0.05, 0.1) is 0 Å². The summed E-state index contributed by atoms with van der Waals surface area (Å²) in [6.07, 6.45) is 0.587. The zero-order valence-electron chi connectivity index (χ0n) is 14.0. The molecule has 0 spiro atoms. The van der Waals surface area contributed by atoms with Gasteiger partial charge >= 0.3 is 5.97 Å². The van der Waals surface area contributed by atoms with Gasteiger partial charge in [0.1, 0.15) is 12.1 Å². The summed E-state index contributed by atoms with van der Waals surface area (Å²) < 4.78 is 0.783. The van der Waals surface area contributed by atoms with Gasteiger partial charge in [0, 0.05) is 17.8 Å². The van der Waals surface area contributed by atoms with Crippen molar-refractivity contribution in [2.45, 2.75) is 45.7 Å². The number of hydrogen-bond donors (Lipinski definition) is 3. The first-order chi connectivity index (χ1) is 11.2. The molecule has 24 heavy (non-hydrogen) atoms. The molecule has 6 nitrogen and oxygen atoms in total. The third kappa shape index (κ3) is 6.70. The molecule has 1 rings (SSSR count). The summed E-state index contributed by atoms with van der Waals surface area (Å²) in [5.74, 6) is -1.75. The van der Waals surface area contributed by atoms with Crippen molar-refractivity contribution in [3.05, 3.63) is 34.3 Å². The first-order valence-electron chi connectivity index (χ1n) is 7.74. The Balaban J connectivity index is 2.85. The van der Waals surface area contributed by atoms with E-state index in [0.717, 1.165) is 10.0 Å². The van der Waals surface area contributed by atoms with Crippen molar-refractivity contribution in [2.75, 3.05) is 0 Å². The highest BCUT2D eigenvalue weighted by Gasteiger charge is 2.27. The SMILES string of the molecule is CC(=O)N[C@@H](CC(C)C)C(=O)N[C@@H](Cc1ccccc1Br)C(=O)O. The number of rotatable bonds is 8. The number of carbonyl (C=O) groups excluding carboxylic acids is 2. The number of halogens is 1. The first kappa shape index (κ1) is 20.2. The van der Waals surface area contributed by atoms with E-state index in [1.165, 1.54) is 6.92 Å². The summed E-state index contributed by atoms with van der Waals surface area (Å²) in [5.41, 5.74) is 0.783. The lowest BCUT2D eigenvalue weighted by Crippen LogP contribution is -2.52. The molecule has 0 unspecified atom stereocenters. The minimum atomic E-state index is -1.12. The molecule has 0 aromatic heterocycles. The molecule has 3 N–H and O–H groups in total. The van der Waals surface area contributed by atoms with Crippen molar-refractivity contribution < 1.29 is 19.5 Å². The van der Waals surface area contributed by atoms with Gasteiger partial charge in [-0.3, -0.25) is 9.59 Å². The summed E-state index contributed by atoms with van der Waals surface area (Å²) in [4.78, 5) is 35.2. The van der Waals surface area contributed by atoms with Gasteiger partial charge in [-0.15, -0.1) is 0 Å². The Hall–Kier alpha value is -1.89. The fraction of sp³-hybridized carbons (Fsp3) is 0.471. The molecular weight excluding hydrogens is 376 g/mol. The number of hydrogen-bond acceptors (Lipinski definition) is 3. The second-order valence-electron chi connectivity index (χ2n) is 6.08. The Morgan fingerprint density at radius 2 is 1.75 bits per heavy atom. The van der Waals surface area contributed by atoms with Crippen LogP contribution in [0.1, 0.15) is 32.8 Å². The third-order valence-corrected chi connectivity index (χ3v) is 4.17. The van der Waals surface area contributed by atoms with Crippen LogP contribution in [0.5, 0.6) is 0 Å². The van der Waals surface area contributed by atoms with Crippen LogP contribution in [-0.2, 0) is 20.8 Å². The van der Waals surface area contributed by atoms with Crippen LogP contribution >= 0.6 is 15.9 Å². The minimum Gasteiger partial charge on any atom is -0.480 e. The molecule has 2 atom stereocenters. The number of nitrogens with one attached hydrogen (secondary N) is 2. The van der Waals surface area contributed by atoms with E-state index in [0.29, 0.717) is 6.42 Å². The van der Waals surface area contributed by atoms with E-state index in [1.54, 1.807) is 12.1 Å². The maximum Gasteiger partial charge on any atom is 0.326 e. The zero-order chi connectivity index (χ0) is 18.3. The fourth-order valence-electron chi connectivity index (χ4n) is 2.30. The molecule has 0 aliphatic rings. The molecule has 0 bridgehead atoms. The number of aliphatic carboxylic acids is 1. The van der Waals surface area contributed by atoms with E-state index in [1.807, 2.05) is 26.0 Å². The average Bonchev–Trinajstić information content (AvgIpc) is 2.46. The van der Waals surface area contributed by atoms with Gasteiger partial charge in [0.15, 0.2) is 0 Å². The second kappa shape index (κ2) is 9.42. The quantitative estimate of drug-likeness (QED) is 0.624. The molecule has 0 saturated heterocycles. The standard InChI is InChI=1S/C17H23BrN2O4/c1-10(2)8-14(19-11(3)21)16(22)20-15(17(23)24)9-12-6-4-5-7-13(12)18/h4-7,10,14-15H,8-9H2,1-3H3,(H,19,21)(H,20,22)(H,23,24)/t14-,15-/m0/s1. The largest absolute Gasteiger partial charge is 0.480 e. The Bertz CT molecular complexity index is 604. The summed E-state index contributed by atoms with van der Waals surface area (Å²) in [6, 6.07) is 5.43. The number of carboxylic acid groups (broad SMARTS) is 1. The van der Waals surface area contributed by atoms with Crippen molar-refractivity contribution in [2.24, 2.45) is 5.92 Å². The predicted octanol–water partition coefficient (Wildman–Crippen LogP) is 2.11. The molecule has 0 heterocycles. The maximum atomic E-state index is 12.4. The molecule has 132 valence electrons. The predicted molar refractivity (Wildman–Crippen MR) is 94.5 cm³/mol. The Morgan fingerprint density at radius 3 is 2.25 bits per heavy atom. The molecule has 0 radical (unpaired) electrons. The third-order valence-electron chi connectivity index (χ3n) is 3.40. The van der Waals surface area contributed by atoms with Crippen LogP contribution in [0.4, 0.5) is 0 Å². The summed E-state index contributed by atoms with van der Waals surface area (Å²) in [6.45, 7) is 5.19.